The summed E-state index contributed by atoms with van der Waals surface area (Å²) in [7, 11) is 3.15. The third-order valence-corrected chi connectivity index (χ3v) is 7.96. The van der Waals surface area contributed by atoms with Crippen LogP contribution in [0.4, 0.5) is 0 Å². The molecule has 0 radical (unpaired) electrons. The van der Waals surface area contributed by atoms with E-state index in [9.17, 15) is 14.4 Å². The summed E-state index contributed by atoms with van der Waals surface area (Å²) in [5.41, 5.74) is 2.57. The maximum atomic E-state index is 13.9. The van der Waals surface area contributed by atoms with Gasteiger partial charge in [0.05, 0.1) is 20.1 Å². The molecule has 1 heterocycles. The molecule has 3 atom stereocenters. The van der Waals surface area contributed by atoms with Crippen molar-refractivity contribution in [3.63, 3.8) is 0 Å². The van der Waals surface area contributed by atoms with Crippen LogP contribution in [0, 0.1) is 0 Å². The summed E-state index contributed by atoms with van der Waals surface area (Å²) >= 11 is 0. The van der Waals surface area contributed by atoms with E-state index < -0.39 is 30.7 Å². The molecular formula is C35H41NO8. The van der Waals surface area contributed by atoms with Gasteiger partial charge in [-0.05, 0) is 79.5 Å². The second-order valence-corrected chi connectivity index (χ2v) is 10.8. The number of aryl methyl sites for hydroxylation is 1. The fraction of sp³-hybridized carbons (Fsp3) is 0.400. The summed E-state index contributed by atoms with van der Waals surface area (Å²) in [6.45, 7) is 1.99. The van der Waals surface area contributed by atoms with E-state index in [-0.39, 0.29) is 11.8 Å². The lowest BCUT2D eigenvalue weighted by Gasteiger charge is -2.37. The third-order valence-electron chi connectivity index (χ3n) is 7.96. The molecule has 3 aromatic carbocycles. The van der Waals surface area contributed by atoms with Gasteiger partial charge in [-0.25, -0.2) is 9.59 Å². The Labute approximate surface area is 258 Å². The number of rotatable bonds is 14. The van der Waals surface area contributed by atoms with Gasteiger partial charge in [-0.1, -0.05) is 55.5 Å². The van der Waals surface area contributed by atoms with Crippen molar-refractivity contribution in [3.8, 4) is 17.2 Å². The molecule has 1 saturated heterocycles. The lowest BCUT2D eigenvalue weighted by Crippen LogP contribution is -2.50. The number of carbonyl (C=O) groups excluding carboxylic acids is 2. The molecule has 0 aromatic heterocycles. The number of esters is 1. The van der Waals surface area contributed by atoms with Gasteiger partial charge in [-0.2, -0.15) is 0 Å². The van der Waals surface area contributed by atoms with Gasteiger partial charge in [-0.15, -0.1) is 0 Å². The van der Waals surface area contributed by atoms with E-state index in [0.717, 1.165) is 24.0 Å². The second kappa shape index (κ2) is 15.8. The number of hydrogen-bond donors (Lipinski definition) is 1. The number of methoxy groups -OCH3 is 2. The highest BCUT2D eigenvalue weighted by atomic mass is 16.5. The van der Waals surface area contributed by atoms with E-state index in [2.05, 4.69) is 0 Å². The van der Waals surface area contributed by atoms with Crippen molar-refractivity contribution in [3.05, 3.63) is 89.5 Å². The molecule has 234 valence electrons. The summed E-state index contributed by atoms with van der Waals surface area (Å²) in [5, 5.41) is 9.06. The van der Waals surface area contributed by atoms with Crippen LogP contribution in [-0.4, -0.2) is 61.3 Å². The van der Waals surface area contributed by atoms with Crippen LogP contribution < -0.4 is 14.2 Å². The van der Waals surface area contributed by atoms with Gasteiger partial charge in [0.25, 0.3) is 0 Å². The molecule has 0 saturated carbocycles. The molecule has 9 heteroatoms. The molecule has 0 bridgehead atoms. The zero-order chi connectivity index (χ0) is 31.5. The third kappa shape index (κ3) is 8.30. The summed E-state index contributed by atoms with van der Waals surface area (Å²) in [4.78, 5) is 40.5. The summed E-state index contributed by atoms with van der Waals surface area (Å²) in [6, 6.07) is 21.6. The number of amides is 1. The van der Waals surface area contributed by atoms with Crippen molar-refractivity contribution in [1.82, 2.24) is 4.90 Å². The fourth-order valence-electron chi connectivity index (χ4n) is 5.67. The number of likely N-dealkylation sites (tertiary alicyclic amines) is 1. The Morgan fingerprint density at radius 2 is 1.66 bits per heavy atom. The van der Waals surface area contributed by atoms with Gasteiger partial charge >= 0.3 is 11.9 Å². The van der Waals surface area contributed by atoms with Crippen LogP contribution in [0.3, 0.4) is 0 Å². The predicted octanol–water partition coefficient (Wildman–Crippen LogP) is 5.96. The SMILES string of the molecule is CC[C@H](C(=O)N1CCCC[C@H]1C(=O)O[C@H](CCc1ccc(OC)c(OC)c1)c1cccc(OCC(=O)O)c1)c1ccccc1. The Kier molecular flexibility index (Phi) is 11.6. The molecule has 4 rings (SSSR count). The number of benzene rings is 3. The predicted molar refractivity (Wildman–Crippen MR) is 165 cm³/mol. The van der Waals surface area contributed by atoms with Gasteiger partial charge < -0.3 is 29.0 Å². The molecule has 9 nitrogen and oxygen atoms in total. The Hall–Kier alpha value is -4.53. The van der Waals surface area contributed by atoms with E-state index in [1.54, 1.807) is 37.3 Å². The van der Waals surface area contributed by atoms with Crippen LogP contribution in [0.15, 0.2) is 72.8 Å². The molecule has 0 aliphatic carbocycles. The number of nitrogens with zero attached hydrogens (tertiary/aromatic N) is 1. The first-order valence-corrected chi connectivity index (χ1v) is 15.1. The minimum atomic E-state index is -1.09. The standard InChI is InChI=1S/C35H41NO8/c1-4-28(25-11-6-5-7-12-25)34(39)36-20-9-8-15-29(36)35(40)44-30(26-13-10-14-27(22-26)43-23-33(37)38)18-16-24-17-19-31(41-2)32(21-24)42-3/h5-7,10-14,17,19,21-22,28-30H,4,8-9,15-16,18,20,23H2,1-3H3,(H,37,38)/t28-,29-,30+/m0/s1. The van der Waals surface area contributed by atoms with Gasteiger partial charge in [-0.3, -0.25) is 4.79 Å². The smallest absolute Gasteiger partial charge is 0.341 e. The van der Waals surface area contributed by atoms with Crippen LogP contribution in [0.1, 0.15) is 67.7 Å². The number of aliphatic carboxylic acids is 1. The van der Waals surface area contributed by atoms with Gasteiger partial charge in [0, 0.05) is 6.54 Å². The summed E-state index contributed by atoms with van der Waals surface area (Å²) in [6.07, 6.45) is 3.12. The molecule has 44 heavy (non-hydrogen) atoms. The maximum absolute atomic E-state index is 13.9. The topological polar surface area (TPSA) is 112 Å². The first-order chi connectivity index (χ1) is 21.3. The Morgan fingerprint density at radius 3 is 2.36 bits per heavy atom. The van der Waals surface area contributed by atoms with Crippen molar-refractivity contribution in [2.24, 2.45) is 0 Å². The Balaban J connectivity index is 1.57. The number of carbonyl (C=O) groups is 3. The van der Waals surface area contributed by atoms with Crippen LogP contribution >= 0.6 is 0 Å². The monoisotopic (exact) mass is 603 g/mol. The van der Waals surface area contributed by atoms with E-state index in [4.69, 9.17) is 24.1 Å². The van der Waals surface area contributed by atoms with Gasteiger partial charge in [0.15, 0.2) is 18.1 Å². The van der Waals surface area contributed by atoms with Gasteiger partial charge in [0.1, 0.15) is 17.9 Å². The average Bonchev–Trinajstić information content (AvgIpc) is 3.06. The normalized spacial score (nSPS) is 16.0. The van der Waals surface area contributed by atoms with Crippen LogP contribution in [0.2, 0.25) is 0 Å². The quantitative estimate of drug-likeness (QED) is 0.225. The molecule has 1 fully saturated rings. The molecule has 1 amide bonds. The molecule has 1 aliphatic heterocycles. The van der Waals surface area contributed by atoms with Crippen LogP contribution in [-0.2, 0) is 25.5 Å². The van der Waals surface area contributed by atoms with E-state index >= 15 is 0 Å². The highest BCUT2D eigenvalue weighted by Crippen LogP contribution is 2.33. The molecule has 3 aromatic rings. The zero-order valence-corrected chi connectivity index (χ0v) is 25.6. The highest BCUT2D eigenvalue weighted by Gasteiger charge is 2.37. The fourth-order valence-corrected chi connectivity index (χ4v) is 5.67. The van der Waals surface area contributed by atoms with Gasteiger partial charge in [0.2, 0.25) is 5.91 Å². The first-order valence-electron chi connectivity index (χ1n) is 15.1. The summed E-state index contributed by atoms with van der Waals surface area (Å²) in [5.74, 6) is -0.363. The van der Waals surface area contributed by atoms with Crippen molar-refractivity contribution in [1.29, 1.82) is 0 Å². The minimum absolute atomic E-state index is 0.0636. The lowest BCUT2D eigenvalue weighted by atomic mass is 9.92. The molecule has 1 N–H and O–H groups in total. The van der Waals surface area contributed by atoms with Crippen molar-refractivity contribution < 1.29 is 38.4 Å². The molecule has 1 aliphatic rings. The highest BCUT2D eigenvalue weighted by molar-refractivity contribution is 5.89. The zero-order valence-electron chi connectivity index (χ0n) is 25.6. The largest absolute Gasteiger partial charge is 0.493 e. The first kappa shape index (κ1) is 32.4. The number of carboxylic acid groups (broad SMARTS) is 1. The van der Waals surface area contributed by atoms with E-state index in [0.29, 0.717) is 55.0 Å². The number of piperidine rings is 1. The second-order valence-electron chi connectivity index (χ2n) is 10.8. The minimum Gasteiger partial charge on any atom is -0.493 e. The van der Waals surface area contributed by atoms with Crippen molar-refractivity contribution >= 4 is 17.8 Å². The Morgan fingerprint density at radius 1 is 0.909 bits per heavy atom. The lowest BCUT2D eigenvalue weighted by molar-refractivity contribution is -0.162. The number of hydrogen-bond acceptors (Lipinski definition) is 7. The van der Waals surface area contributed by atoms with E-state index in [1.807, 2.05) is 61.5 Å². The average molecular weight is 604 g/mol. The van der Waals surface area contributed by atoms with E-state index in [1.165, 1.54) is 0 Å². The molecule has 0 spiro atoms. The van der Waals surface area contributed by atoms with Crippen molar-refractivity contribution in [2.45, 2.75) is 63.5 Å². The summed E-state index contributed by atoms with van der Waals surface area (Å²) < 4.78 is 22.4. The number of ether oxygens (including phenoxy) is 4. The molecular weight excluding hydrogens is 562 g/mol. The molecule has 0 unspecified atom stereocenters. The van der Waals surface area contributed by atoms with Crippen LogP contribution in [0.25, 0.3) is 0 Å². The van der Waals surface area contributed by atoms with Crippen molar-refractivity contribution in [2.75, 3.05) is 27.4 Å². The Bertz CT molecular complexity index is 1410. The number of carboxylic acids is 1. The van der Waals surface area contributed by atoms with Crippen LogP contribution in [0.5, 0.6) is 17.2 Å². The maximum Gasteiger partial charge on any atom is 0.341 e.